The molecule has 1 saturated heterocycles. The van der Waals surface area contributed by atoms with Crippen molar-refractivity contribution >= 4 is 29.1 Å². The van der Waals surface area contributed by atoms with Crippen molar-refractivity contribution in [2.45, 2.75) is 18.6 Å². The molecule has 0 saturated carbocycles. The number of amides is 3. The molecule has 0 spiro atoms. The Bertz CT molecular complexity index is 818. The van der Waals surface area contributed by atoms with Crippen LogP contribution in [0.5, 0.6) is 0 Å². The summed E-state index contributed by atoms with van der Waals surface area (Å²) >= 11 is 0. The number of anilines is 2. The molecule has 13 heteroatoms. The van der Waals surface area contributed by atoms with E-state index in [2.05, 4.69) is 0 Å². The van der Waals surface area contributed by atoms with Gasteiger partial charge in [0.25, 0.3) is 18.2 Å². The van der Waals surface area contributed by atoms with Crippen molar-refractivity contribution in [2.24, 2.45) is 5.73 Å². The lowest BCUT2D eigenvalue weighted by Crippen LogP contribution is -2.52. The molecule has 1 aromatic carbocycles. The molecule has 8 nitrogen and oxygen atoms in total. The van der Waals surface area contributed by atoms with Crippen molar-refractivity contribution in [2.75, 3.05) is 43.6 Å². The zero-order chi connectivity index (χ0) is 22.6. The predicted octanol–water partition coefficient (Wildman–Crippen LogP) is 1.27. The van der Waals surface area contributed by atoms with Crippen molar-refractivity contribution in [1.82, 2.24) is 4.90 Å². The number of nitrogens with one attached hydrogen (secondary N) is 1. The van der Waals surface area contributed by atoms with E-state index in [1.807, 2.05) is 5.32 Å². The molecule has 0 aromatic heterocycles. The summed E-state index contributed by atoms with van der Waals surface area (Å²) in [6.07, 6.45) is -7.81. The van der Waals surface area contributed by atoms with Gasteiger partial charge in [-0.25, -0.2) is 8.78 Å². The van der Waals surface area contributed by atoms with E-state index in [1.54, 1.807) is 0 Å². The fourth-order valence-corrected chi connectivity index (χ4v) is 2.93. The summed E-state index contributed by atoms with van der Waals surface area (Å²) < 4.78 is 69.8. The van der Waals surface area contributed by atoms with Gasteiger partial charge in [-0.05, 0) is 25.2 Å². The number of nitrogens with two attached hydrogens (primary N) is 1. The minimum atomic E-state index is -4.72. The number of alkyl halides is 5. The zero-order valence-electron chi connectivity index (χ0n) is 15.7. The van der Waals surface area contributed by atoms with Crippen LogP contribution in [0, 0.1) is 0 Å². The summed E-state index contributed by atoms with van der Waals surface area (Å²) in [5.41, 5.74) is 4.07. The number of morpholine rings is 1. The Labute approximate surface area is 167 Å². The number of rotatable bonds is 7. The number of benzene rings is 1. The van der Waals surface area contributed by atoms with Gasteiger partial charge in [0.05, 0.1) is 13.2 Å². The van der Waals surface area contributed by atoms with Crippen LogP contribution in [-0.2, 0) is 19.1 Å². The van der Waals surface area contributed by atoms with E-state index in [-0.39, 0.29) is 25.4 Å². The molecule has 166 valence electrons. The summed E-state index contributed by atoms with van der Waals surface area (Å²) in [6.45, 7) is -1.48. The van der Waals surface area contributed by atoms with E-state index in [0.717, 1.165) is 19.2 Å². The molecule has 0 radical (unpaired) electrons. The minimum absolute atomic E-state index is 0.136. The van der Waals surface area contributed by atoms with Crippen molar-refractivity contribution < 1.29 is 41.1 Å². The van der Waals surface area contributed by atoms with Gasteiger partial charge in [-0.2, -0.15) is 13.2 Å². The van der Waals surface area contributed by atoms with Gasteiger partial charge in [0.2, 0.25) is 5.91 Å². The van der Waals surface area contributed by atoms with Crippen LogP contribution in [0.25, 0.3) is 0 Å². The SMILES string of the molecule is CN(CC(F)(F)F)[C@@H](C(N)=O)C(=O)Nc1ccc(N2CCOCC2=O)cc1C(F)F. The molecule has 1 aliphatic rings. The average Bonchev–Trinajstić information content (AvgIpc) is 2.60. The number of hydrogen-bond donors (Lipinski definition) is 2. The third-order valence-electron chi connectivity index (χ3n) is 4.21. The van der Waals surface area contributed by atoms with E-state index in [1.165, 1.54) is 11.0 Å². The molecule has 1 aliphatic heterocycles. The molecular weight excluding hydrogens is 419 g/mol. The zero-order valence-corrected chi connectivity index (χ0v) is 15.7. The van der Waals surface area contributed by atoms with E-state index < -0.39 is 54.2 Å². The molecule has 1 fully saturated rings. The van der Waals surface area contributed by atoms with Gasteiger partial charge in [0.15, 0.2) is 6.04 Å². The Morgan fingerprint density at radius 1 is 1.33 bits per heavy atom. The van der Waals surface area contributed by atoms with E-state index >= 15 is 0 Å². The molecule has 1 atom stereocenters. The van der Waals surface area contributed by atoms with Crippen LogP contribution < -0.4 is 16.0 Å². The molecule has 0 aliphatic carbocycles. The average molecular weight is 438 g/mol. The van der Waals surface area contributed by atoms with Crippen molar-refractivity contribution in [3.05, 3.63) is 23.8 Å². The standard InChI is InChI=1S/C17H19F5N4O4/c1-25(8-17(20,21)22)13(15(23)28)16(29)24-11-3-2-9(6-10(11)14(18)19)26-4-5-30-7-12(26)27/h2-3,6,13-14H,4-5,7-8H2,1H3,(H2,23,28)(H,24,29)/t13-/m0/s1. The molecule has 1 heterocycles. The number of carbonyl (C=O) groups excluding carboxylic acids is 3. The molecule has 3 N–H and O–H groups in total. The number of carbonyl (C=O) groups is 3. The van der Waals surface area contributed by atoms with Gasteiger partial charge in [0.1, 0.15) is 6.61 Å². The lowest BCUT2D eigenvalue weighted by molar-refractivity contribution is -0.154. The second-order valence-corrected chi connectivity index (χ2v) is 6.49. The van der Waals surface area contributed by atoms with Crippen LogP contribution in [0.15, 0.2) is 18.2 Å². The van der Waals surface area contributed by atoms with Crippen LogP contribution in [0.2, 0.25) is 0 Å². The summed E-state index contributed by atoms with van der Waals surface area (Å²) in [7, 11) is 0.851. The molecule has 30 heavy (non-hydrogen) atoms. The second kappa shape index (κ2) is 9.34. The number of ether oxygens (including phenoxy) is 1. The summed E-state index contributed by atoms with van der Waals surface area (Å²) in [5.74, 6) is -3.12. The van der Waals surface area contributed by atoms with Crippen LogP contribution >= 0.6 is 0 Å². The van der Waals surface area contributed by atoms with Crippen molar-refractivity contribution in [3.8, 4) is 0 Å². The molecule has 2 rings (SSSR count). The lowest BCUT2D eigenvalue weighted by atomic mass is 10.1. The quantitative estimate of drug-likeness (QED) is 0.493. The van der Waals surface area contributed by atoms with E-state index in [4.69, 9.17) is 10.5 Å². The highest BCUT2D eigenvalue weighted by atomic mass is 19.4. The maximum Gasteiger partial charge on any atom is 0.401 e. The maximum absolute atomic E-state index is 13.5. The van der Waals surface area contributed by atoms with Crippen molar-refractivity contribution in [3.63, 3.8) is 0 Å². The third kappa shape index (κ3) is 5.86. The number of primary amides is 1. The maximum atomic E-state index is 13.5. The van der Waals surface area contributed by atoms with Gasteiger partial charge in [-0.3, -0.25) is 19.3 Å². The number of hydrogen-bond acceptors (Lipinski definition) is 5. The first-order valence-corrected chi connectivity index (χ1v) is 8.58. The van der Waals surface area contributed by atoms with E-state index in [0.29, 0.717) is 4.90 Å². The highest BCUT2D eigenvalue weighted by Gasteiger charge is 2.37. The fraction of sp³-hybridized carbons (Fsp3) is 0.471. The largest absolute Gasteiger partial charge is 0.401 e. The predicted molar refractivity (Wildman–Crippen MR) is 94.9 cm³/mol. The first-order valence-electron chi connectivity index (χ1n) is 8.58. The lowest BCUT2D eigenvalue weighted by Gasteiger charge is -2.28. The smallest absolute Gasteiger partial charge is 0.370 e. The first-order chi connectivity index (χ1) is 13.9. The molecular formula is C17H19F5N4O4. The summed E-state index contributed by atoms with van der Waals surface area (Å²) in [6, 6.07) is 1.28. The summed E-state index contributed by atoms with van der Waals surface area (Å²) in [5, 5.41) is 2.02. The van der Waals surface area contributed by atoms with Crippen molar-refractivity contribution in [1.29, 1.82) is 0 Å². The summed E-state index contributed by atoms with van der Waals surface area (Å²) in [4.78, 5) is 37.3. The number of nitrogens with zero attached hydrogens (tertiary/aromatic N) is 2. The Morgan fingerprint density at radius 2 is 2.00 bits per heavy atom. The van der Waals surface area contributed by atoms with Crippen LogP contribution in [-0.4, -0.2) is 68.2 Å². The van der Waals surface area contributed by atoms with E-state index in [9.17, 15) is 36.3 Å². The Balaban J connectivity index is 2.28. The first kappa shape index (κ1) is 23.5. The molecule has 3 amide bonds. The molecule has 0 unspecified atom stereocenters. The second-order valence-electron chi connectivity index (χ2n) is 6.49. The Morgan fingerprint density at radius 3 is 2.53 bits per heavy atom. The van der Waals surface area contributed by atoms with Gasteiger partial charge in [-0.1, -0.05) is 0 Å². The number of halogens is 5. The van der Waals surface area contributed by atoms with Gasteiger partial charge in [0, 0.05) is 23.5 Å². The normalized spacial score (nSPS) is 16.1. The highest BCUT2D eigenvalue weighted by Crippen LogP contribution is 2.32. The Kier molecular flexibility index (Phi) is 7.31. The molecule has 0 bridgehead atoms. The Hall–Kier alpha value is -2.80. The highest BCUT2D eigenvalue weighted by molar-refractivity contribution is 6.10. The minimum Gasteiger partial charge on any atom is -0.370 e. The van der Waals surface area contributed by atoms with Gasteiger partial charge in [-0.15, -0.1) is 0 Å². The topological polar surface area (TPSA) is 105 Å². The monoisotopic (exact) mass is 438 g/mol. The van der Waals surface area contributed by atoms with Crippen LogP contribution in [0.4, 0.5) is 33.3 Å². The third-order valence-corrected chi connectivity index (χ3v) is 4.21. The van der Waals surface area contributed by atoms with Gasteiger partial charge < -0.3 is 20.7 Å². The van der Waals surface area contributed by atoms with Gasteiger partial charge >= 0.3 is 6.18 Å². The van der Waals surface area contributed by atoms with Crippen LogP contribution in [0.3, 0.4) is 0 Å². The molecule has 1 aromatic rings. The number of likely N-dealkylation sites (N-methyl/N-ethyl adjacent to an activating group) is 1. The van der Waals surface area contributed by atoms with Crippen LogP contribution in [0.1, 0.15) is 12.0 Å². The fourth-order valence-electron chi connectivity index (χ4n) is 2.93.